The van der Waals surface area contributed by atoms with Gasteiger partial charge in [-0.3, -0.25) is 0 Å². The topological polar surface area (TPSA) is 91.7 Å². The highest BCUT2D eigenvalue weighted by atomic mass is 16.6. The summed E-state index contributed by atoms with van der Waals surface area (Å²) < 4.78 is 9.99. The smallest absolute Gasteiger partial charge is 0.230 e. The molecule has 7 rings (SSSR count). The number of hydrogen-bond acceptors (Lipinski definition) is 7. The second-order valence-electron chi connectivity index (χ2n) is 9.68. The molecule has 1 atom stereocenters. The third-order valence-corrected chi connectivity index (χ3v) is 6.95. The number of para-hydroxylation sites is 1. The van der Waals surface area contributed by atoms with Crippen molar-refractivity contribution in [3.05, 3.63) is 131 Å². The van der Waals surface area contributed by atoms with Crippen LogP contribution in [0, 0.1) is 13.8 Å². The number of nitrogens with zero attached hydrogens (tertiary/aromatic N) is 7. The first kappa shape index (κ1) is 23.8. The van der Waals surface area contributed by atoms with Gasteiger partial charge in [-0.15, -0.1) is 5.10 Å². The number of aryl methyl sites for hydroxylation is 2. The maximum Gasteiger partial charge on any atom is 0.230 e. The molecule has 3 aromatic carbocycles. The van der Waals surface area contributed by atoms with E-state index in [0.29, 0.717) is 23.2 Å². The van der Waals surface area contributed by atoms with Crippen molar-refractivity contribution < 1.29 is 9.57 Å². The van der Waals surface area contributed by atoms with Crippen LogP contribution in [-0.2, 0) is 11.4 Å². The van der Waals surface area contributed by atoms with Gasteiger partial charge in [0, 0.05) is 0 Å². The maximum atomic E-state index is 6.48. The van der Waals surface area contributed by atoms with Gasteiger partial charge in [0.2, 0.25) is 11.8 Å². The van der Waals surface area contributed by atoms with Gasteiger partial charge in [-0.25, -0.2) is 19.2 Å². The molecule has 1 aliphatic rings. The number of benzene rings is 3. The Morgan fingerprint density at radius 2 is 1.65 bits per heavy atom. The Hall–Kier alpha value is -5.31. The van der Waals surface area contributed by atoms with Crippen molar-refractivity contribution in [3.8, 4) is 17.4 Å². The minimum Gasteiger partial charge on any atom is -0.420 e. The minimum atomic E-state index is -0.206. The summed E-state index contributed by atoms with van der Waals surface area (Å²) in [5.41, 5.74) is 7.47. The lowest BCUT2D eigenvalue weighted by atomic mass is 9.84. The lowest BCUT2D eigenvalue weighted by Crippen LogP contribution is -2.16. The van der Waals surface area contributed by atoms with E-state index in [-0.39, 0.29) is 12.5 Å². The van der Waals surface area contributed by atoms with E-state index in [4.69, 9.17) is 19.7 Å². The van der Waals surface area contributed by atoms with Crippen LogP contribution in [0.4, 0.5) is 0 Å². The summed E-state index contributed by atoms with van der Waals surface area (Å²) in [4.78, 5) is 15.0. The number of ether oxygens (including phenoxy) is 1. The fourth-order valence-corrected chi connectivity index (χ4v) is 5.05. The molecule has 9 heteroatoms. The Kier molecular flexibility index (Phi) is 5.81. The van der Waals surface area contributed by atoms with Gasteiger partial charge >= 0.3 is 0 Å². The lowest BCUT2D eigenvalue weighted by molar-refractivity contribution is 0.126. The summed E-state index contributed by atoms with van der Waals surface area (Å²) in [6.45, 7) is 4.21. The average Bonchev–Trinajstić information content (AvgIpc) is 3.56. The van der Waals surface area contributed by atoms with Crippen molar-refractivity contribution in [2.75, 3.05) is 0 Å². The van der Waals surface area contributed by atoms with Gasteiger partial charge in [-0.2, -0.15) is 5.10 Å². The summed E-state index contributed by atoms with van der Waals surface area (Å²) >= 11 is 0. The van der Waals surface area contributed by atoms with Crippen LogP contribution in [0.1, 0.15) is 45.3 Å². The Balaban J connectivity index is 1.31. The SMILES string of the molecule is Cc1ccc(C2c3c(C)nn(-c4ccccc4)c3Oc3ncn4nc(CO/N=C/c5ccccc5)nc4c32)cc1. The first-order valence-electron chi connectivity index (χ1n) is 13.0. The third-order valence-electron chi connectivity index (χ3n) is 6.95. The number of rotatable bonds is 6. The monoisotopic (exact) mass is 527 g/mol. The van der Waals surface area contributed by atoms with E-state index in [1.807, 2.05) is 72.3 Å². The fraction of sp³-hybridized carbons (Fsp3) is 0.129. The molecule has 6 aromatic rings. The van der Waals surface area contributed by atoms with E-state index in [1.54, 1.807) is 17.1 Å². The van der Waals surface area contributed by atoms with Crippen LogP contribution in [0.5, 0.6) is 11.8 Å². The zero-order valence-electron chi connectivity index (χ0n) is 22.0. The lowest BCUT2D eigenvalue weighted by Gasteiger charge is -2.26. The standard InChI is InChI=1S/C31H25N7O2/c1-20-13-15-23(16-14-20)27-26-21(2)35-38(24-11-7-4-8-12-24)31(26)40-30-28(27)29-34-25(36-37(29)19-32-30)18-39-33-17-22-9-5-3-6-10-22/h3-17,19,27H,18H2,1-2H3/b33-17+. The Labute approximate surface area is 230 Å². The molecule has 3 aromatic heterocycles. The molecule has 1 unspecified atom stereocenters. The van der Waals surface area contributed by atoms with Gasteiger partial charge in [0.1, 0.15) is 6.33 Å². The molecule has 0 amide bonds. The number of oxime groups is 1. The van der Waals surface area contributed by atoms with Crippen LogP contribution in [0.2, 0.25) is 0 Å². The second-order valence-corrected chi connectivity index (χ2v) is 9.68. The molecule has 0 radical (unpaired) electrons. The quantitative estimate of drug-likeness (QED) is 0.202. The summed E-state index contributed by atoms with van der Waals surface area (Å²) in [7, 11) is 0. The van der Waals surface area contributed by atoms with E-state index in [0.717, 1.165) is 33.6 Å². The third kappa shape index (κ3) is 4.17. The first-order valence-corrected chi connectivity index (χ1v) is 13.0. The zero-order valence-corrected chi connectivity index (χ0v) is 22.0. The fourth-order valence-electron chi connectivity index (χ4n) is 5.05. The molecule has 0 saturated heterocycles. The summed E-state index contributed by atoms with van der Waals surface area (Å²) in [5, 5.41) is 13.6. The maximum absolute atomic E-state index is 6.48. The molecule has 0 spiro atoms. The van der Waals surface area contributed by atoms with Gasteiger partial charge in [-0.05, 0) is 37.1 Å². The van der Waals surface area contributed by atoms with Gasteiger partial charge in [0.25, 0.3) is 0 Å². The minimum absolute atomic E-state index is 0.117. The van der Waals surface area contributed by atoms with Crippen molar-refractivity contribution >= 4 is 11.9 Å². The van der Waals surface area contributed by atoms with Crippen molar-refractivity contribution in [1.82, 2.24) is 29.4 Å². The van der Waals surface area contributed by atoms with Crippen LogP contribution in [0.15, 0.2) is 96.4 Å². The van der Waals surface area contributed by atoms with Gasteiger partial charge < -0.3 is 9.57 Å². The highest BCUT2D eigenvalue weighted by Gasteiger charge is 2.38. The summed E-state index contributed by atoms with van der Waals surface area (Å²) in [6.07, 6.45) is 3.28. The molecule has 1 aliphatic heterocycles. The molecular formula is C31H25N7O2. The molecular weight excluding hydrogens is 502 g/mol. The van der Waals surface area contributed by atoms with E-state index in [1.165, 1.54) is 5.56 Å². The van der Waals surface area contributed by atoms with E-state index in [2.05, 4.69) is 46.4 Å². The van der Waals surface area contributed by atoms with Crippen LogP contribution in [-0.4, -0.2) is 35.6 Å². The van der Waals surface area contributed by atoms with Crippen molar-refractivity contribution in [1.29, 1.82) is 0 Å². The highest BCUT2D eigenvalue weighted by Crippen LogP contribution is 2.49. The van der Waals surface area contributed by atoms with E-state index in [9.17, 15) is 0 Å². The second kappa shape index (κ2) is 9.77. The molecule has 0 saturated carbocycles. The van der Waals surface area contributed by atoms with Crippen LogP contribution in [0.3, 0.4) is 0 Å². The average molecular weight is 528 g/mol. The van der Waals surface area contributed by atoms with Gasteiger partial charge in [0.05, 0.1) is 34.6 Å². The predicted molar refractivity (Wildman–Crippen MR) is 150 cm³/mol. The summed E-state index contributed by atoms with van der Waals surface area (Å²) in [5.74, 6) is 1.41. The van der Waals surface area contributed by atoms with Crippen molar-refractivity contribution in [2.45, 2.75) is 26.4 Å². The van der Waals surface area contributed by atoms with Crippen LogP contribution in [0.25, 0.3) is 11.3 Å². The molecule has 0 N–H and O–H groups in total. The highest BCUT2D eigenvalue weighted by molar-refractivity contribution is 5.78. The molecule has 0 bridgehead atoms. The normalized spacial score (nSPS) is 14.2. The molecule has 40 heavy (non-hydrogen) atoms. The van der Waals surface area contributed by atoms with E-state index < -0.39 is 0 Å². The molecule has 9 nitrogen and oxygen atoms in total. The van der Waals surface area contributed by atoms with Gasteiger partial charge in [0.15, 0.2) is 18.1 Å². The number of aromatic nitrogens is 6. The first-order chi connectivity index (χ1) is 19.7. The van der Waals surface area contributed by atoms with Gasteiger partial charge in [-0.1, -0.05) is 83.5 Å². The zero-order chi connectivity index (χ0) is 27.1. The predicted octanol–water partition coefficient (Wildman–Crippen LogP) is 5.76. The van der Waals surface area contributed by atoms with Crippen molar-refractivity contribution in [2.24, 2.45) is 5.16 Å². The molecule has 0 fully saturated rings. The Bertz CT molecular complexity index is 1840. The molecule has 196 valence electrons. The van der Waals surface area contributed by atoms with E-state index >= 15 is 0 Å². The van der Waals surface area contributed by atoms with Crippen molar-refractivity contribution in [3.63, 3.8) is 0 Å². The number of hydrogen-bond donors (Lipinski definition) is 0. The molecule has 0 aliphatic carbocycles. The molecule has 4 heterocycles. The Morgan fingerprint density at radius 3 is 2.42 bits per heavy atom. The summed E-state index contributed by atoms with van der Waals surface area (Å²) in [6, 6.07) is 28.2. The number of fused-ring (bicyclic) bond motifs is 4. The van der Waals surface area contributed by atoms with Crippen LogP contribution >= 0.6 is 0 Å². The van der Waals surface area contributed by atoms with Crippen LogP contribution < -0.4 is 4.74 Å². The Morgan fingerprint density at radius 1 is 0.900 bits per heavy atom. The largest absolute Gasteiger partial charge is 0.420 e.